The molecule has 0 unspecified atom stereocenters. The Hall–Kier alpha value is -2.02. The van der Waals surface area contributed by atoms with Crippen LogP contribution in [0.15, 0.2) is 42.7 Å². The largest absolute Gasteiger partial charge is 0.404 e. The van der Waals surface area contributed by atoms with Crippen molar-refractivity contribution in [3.05, 3.63) is 65.5 Å². The molecule has 1 aromatic carbocycles. The Morgan fingerprint density at radius 3 is 2.39 bits per heavy atom. The molecule has 0 spiro atoms. The zero-order chi connectivity index (χ0) is 16.9. The normalized spacial score (nSPS) is 13.1. The van der Waals surface area contributed by atoms with Gasteiger partial charge >= 0.3 is 6.18 Å². The zero-order valence-electron chi connectivity index (χ0n) is 12.1. The Labute approximate surface area is 130 Å². The molecule has 124 valence electrons. The minimum atomic E-state index is -4.44. The maximum atomic E-state index is 13.5. The molecule has 2 aromatic rings. The molecule has 0 amide bonds. The molecule has 2 nitrogen and oxygen atoms in total. The summed E-state index contributed by atoms with van der Waals surface area (Å²) < 4.78 is 65.7. The summed E-state index contributed by atoms with van der Waals surface area (Å²) in [5.74, 6) is -1.25. The molecule has 1 N–H and O–H groups in total. The minimum Gasteiger partial charge on any atom is -0.306 e. The number of benzene rings is 1. The van der Waals surface area contributed by atoms with Gasteiger partial charge in [0.1, 0.15) is 17.7 Å². The third kappa shape index (κ3) is 5.28. The first-order valence-electron chi connectivity index (χ1n) is 6.99. The van der Waals surface area contributed by atoms with Crippen LogP contribution in [-0.4, -0.2) is 23.7 Å². The summed E-state index contributed by atoms with van der Waals surface area (Å²) >= 11 is 0. The first-order chi connectivity index (χ1) is 10.9. The molecular formula is C16H15F5N2. The van der Waals surface area contributed by atoms with Crippen LogP contribution in [0.3, 0.4) is 0 Å². The Kier molecular flexibility index (Phi) is 5.65. The lowest BCUT2D eigenvalue weighted by atomic mass is 10.1. The summed E-state index contributed by atoms with van der Waals surface area (Å²) in [6.45, 7) is -0.115. The fourth-order valence-corrected chi connectivity index (χ4v) is 2.17. The molecule has 1 atom stereocenters. The van der Waals surface area contributed by atoms with E-state index in [9.17, 15) is 22.0 Å². The molecular weight excluding hydrogens is 315 g/mol. The van der Waals surface area contributed by atoms with E-state index in [-0.39, 0.29) is 24.9 Å². The Morgan fingerprint density at radius 2 is 1.74 bits per heavy atom. The molecule has 23 heavy (non-hydrogen) atoms. The van der Waals surface area contributed by atoms with Crippen molar-refractivity contribution in [1.82, 2.24) is 10.3 Å². The van der Waals surface area contributed by atoms with Gasteiger partial charge in [0.05, 0.1) is 0 Å². The van der Waals surface area contributed by atoms with Gasteiger partial charge in [-0.25, -0.2) is 8.78 Å². The van der Waals surface area contributed by atoms with Crippen molar-refractivity contribution in [2.75, 3.05) is 6.54 Å². The van der Waals surface area contributed by atoms with E-state index in [1.165, 1.54) is 24.5 Å². The van der Waals surface area contributed by atoms with Crippen LogP contribution in [-0.2, 0) is 12.8 Å². The number of nitrogens with zero attached hydrogens (tertiary/aromatic N) is 1. The summed E-state index contributed by atoms with van der Waals surface area (Å²) in [4.78, 5) is 3.76. The zero-order valence-corrected chi connectivity index (χ0v) is 12.1. The van der Waals surface area contributed by atoms with E-state index in [0.29, 0.717) is 5.56 Å². The Balaban J connectivity index is 1.97. The van der Waals surface area contributed by atoms with Crippen LogP contribution in [0.4, 0.5) is 22.0 Å². The average Bonchev–Trinajstić information content (AvgIpc) is 2.50. The number of rotatable bonds is 6. The van der Waals surface area contributed by atoms with Gasteiger partial charge in [0.2, 0.25) is 0 Å². The predicted octanol–water partition coefficient (Wildman–Crippen LogP) is 3.67. The van der Waals surface area contributed by atoms with Crippen molar-refractivity contribution < 1.29 is 22.0 Å². The van der Waals surface area contributed by atoms with Gasteiger partial charge in [-0.15, -0.1) is 0 Å². The van der Waals surface area contributed by atoms with Crippen molar-refractivity contribution in [2.24, 2.45) is 0 Å². The highest BCUT2D eigenvalue weighted by molar-refractivity contribution is 5.19. The third-order valence-electron chi connectivity index (χ3n) is 3.38. The second-order valence-corrected chi connectivity index (χ2v) is 5.09. The highest BCUT2D eigenvalue weighted by atomic mass is 19.4. The van der Waals surface area contributed by atoms with Gasteiger partial charge in [-0.05, 0) is 60.8 Å². The molecule has 0 saturated carbocycles. The quantitative estimate of drug-likeness (QED) is 0.818. The number of halogens is 5. The summed E-state index contributed by atoms with van der Waals surface area (Å²) in [5, 5.41) is 2.37. The second kappa shape index (κ2) is 7.50. The van der Waals surface area contributed by atoms with E-state index in [0.717, 1.165) is 18.2 Å². The Bertz CT molecular complexity index is 628. The standard InChI is InChI=1S/C16H15F5N2/c17-13-1-2-14(18)12(10-13)5-8-23-15(16(19,20)21)9-11-3-6-22-7-4-11/h1-4,6-7,10,15,23H,5,8-9H2/t15-/m0/s1. The summed E-state index contributed by atoms with van der Waals surface area (Å²) in [6.07, 6.45) is -1.89. The highest BCUT2D eigenvalue weighted by Crippen LogP contribution is 2.23. The van der Waals surface area contributed by atoms with Crippen molar-refractivity contribution in [2.45, 2.75) is 25.1 Å². The first-order valence-corrected chi connectivity index (χ1v) is 6.99. The van der Waals surface area contributed by atoms with Crippen LogP contribution in [0.5, 0.6) is 0 Å². The summed E-state index contributed by atoms with van der Waals surface area (Å²) in [6, 6.07) is 4.17. The van der Waals surface area contributed by atoms with E-state index in [2.05, 4.69) is 10.3 Å². The first kappa shape index (κ1) is 17.3. The highest BCUT2D eigenvalue weighted by Gasteiger charge is 2.39. The van der Waals surface area contributed by atoms with Crippen molar-refractivity contribution >= 4 is 0 Å². The molecule has 0 fully saturated rings. The van der Waals surface area contributed by atoms with Gasteiger partial charge in [-0.3, -0.25) is 4.98 Å². The molecule has 1 heterocycles. The van der Waals surface area contributed by atoms with Gasteiger partial charge in [-0.2, -0.15) is 13.2 Å². The molecule has 2 rings (SSSR count). The minimum absolute atomic E-state index is 0.0352. The fourth-order valence-electron chi connectivity index (χ4n) is 2.17. The van der Waals surface area contributed by atoms with Crippen LogP contribution in [0, 0.1) is 11.6 Å². The van der Waals surface area contributed by atoms with Crippen LogP contribution in [0.2, 0.25) is 0 Å². The van der Waals surface area contributed by atoms with Crippen molar-refractivity contribution in [3.63, 3.8) is 0 Å². The second-order valence-electron chi connectivity index (χ2n) is 5.09. The van der Waals surface area contributed by atoms with E-state index in [1.807, 2.05) is 0 Å². The average molecular weight is 330 g/mol. The van der Waals surface area contributed by atoms with Crippen LogP contribution >= 0.6 is 0 Å². The SMILES string of the molecule is Fc1ccc(F)c(CCN[C@@H](Cc2ccncc2)C(F)(F)F)c1. The van der Waals surface area contributed by atoms with E-state index < -0.39 is 23.9 Å². The van der Waals surface area contributed by atoms with Gasteiger partial charge < -0.3 is 5.32 Å². The van der Waals surface area contributed by atoms with Crippen molar-refractivity contribution in [3.8, 4) is 0 Å². The molecule has 0 radical (unpaired) electrons. The maximum Gasteiger partial charge on any atom is 0.404 e. The van der Waals surface area contributed by atoms with Crippen LogP contribution in [0.1, 0.15) is 11.1 Å². The number of hydrogen-bond acceptors (Lipinski definition) is 2. The molecule has 0 aliphatic heterocycles. The molecule has 0 aliphatic rings. The lowest BCUT2D eigenvalue weighted by Gasteiger charge is -2.22. The maximum absolute atomic E-state index is 13.5. The number of pyridine rings is 1. The van der Waals surface area contributed by atoms with E-state index in [4.69, 9.17) is 0 Å². The van der Waals surface area contributed by atoms with Gasteiger partial charge in [0, 0.05) is 12.4 Å². The van der Waals surface area contributed by atoms with Gasteiger partial charge in [-0.1, -0.05) is 0 Å². The number of nitrogens with one attached hydrogen (secondary N) is 1. The van der Waals surface area contributed by atoms with E-state index in [1.54, 1.807) is 0 Å². The molecule has 0 bridgehead atoms. The molecule has 1 aromatic heterocycles. The van der Waals surface area contributed by atoms with Crippen LogP contribution in [0.25, 0.3) is 0 Å². The Morgan fingerprint density at radius 1 is 1.04 bits per heavy atom. The monoisotopic (exact) mass is 330 g/mol. The molecule has 0 aliphatic carbocycles. The summed E-state index contributed by atoms with van der Waals surface area (Å²) in [7, 11) is 0. The predicted molar refractivity (Wildman–Crippen MR) is 75.8 cm³/mol. The van der Waals surface area contributed by atoms with Crippen LogP contribution < -0.4 is 5.32 Å². The summed E-state index contributed by atoms with van der Waals surface area (Å²) in [5.41, 5.74) is 0.536. The third-order valence-corrected chi connectivity index (χ3v) is 3.38. The fraction of sp³-hybridized carbons (Fsp3) is 0.312. The van der Waals surface area contributed by atoms with E-state index >= 15 is 0 Å². The molecule has 0 saturated heterocycles. The van der Waals surface area contributed by atoms with Gasteiger partial charge in [0.25, 0.3) is 0 Å². The number of hydrogen-bond donors (Lipinski definition) is 1. The lowest BCUT2D eigenvalue weighted by Crippen LogP contribution is -2.44. The van der Waals surface area contributed by atoms with Gasteiger partial charge in [0.15, 0.2) is 0 Å². The topological polar surface area (TPSA) is 24.9 Å². The lowest BCUT2D eigenvalue weighted by molar-refractivity contribution is -0.155. The smallest absolute Gasteiger partial charge is 0.306 e. The molecule has 7 heteroatoms. The van der Waals surface area contributed by atoms with Crippen molar-refractivity contribution in [1.29, 1.82) is 0 Å². The number of alkyl halides is 3. The number of aromatic nitrogens is 1.